The molecule has 0 amide bonds. The highest BCUT2D eigenvalue weighted by Crippen LogP contribution is 2.46. The molecule has 58 heavy (non-hydrogen) atoms. The highest BCUT2D eigenvalue weighted by molar-refractivity contribution is 6.70. The third-order valence-corrected chi connectivity index (χ3v) is 10.1. The van der Waals surface area contributed by atoms with Gasteiger partial charge in [0.1, 0.15) is 30.7 Å². The van der Waals surface area contributed by atoms with E-state index >= 15 is 0 Å². The lowest BCUT2D eigenvalue weighted by atomic mass is 10.00. The molecule has 0 bridgehead atoms. The summed E-state index contributed by atoms with van der Waals surface area (Å²) < 4.78 is 26.9. The number of anilines is 1. The third-order valence-electron chi connectivity index (χ3n) is 9.47. The Morgan fingerprint density at radius 1 is 1.03 bits per heavy atom. The van der Waals surface area contributed by atoms with E-state index in [0.717, 1.165) is 38.5 Å². The first kappa shape index (κ1) is 43.7. The second kappa shape index (κ2) is 16.6. The Balaban J connectivity index is 0.000000202. The number of carbonyl (C=O) groups is 3. The van der Waals surface area contributed by atoms with Crippen LogP contribution in [0, 0.1) is 0 Å². The molecule has 1 aliphatic carbocycles. The Morgan fingerprint density at radius 2 is 1.69 bits per heavy atom. The number of ether oxygens (including phenoxy) is 5. The molecule has 0 radical (unpaired) electrons. The fourth-order valence-electron chi connectivity index (χ4n) is 7.01. The van der Waals surface area contributed by atoms with Crippen molar-refractivity contribution in [3.05, 3.63) is 11.6 Å². The average molecular weight is 882 g/mol. The molecule has 4 aliphatic heterocycles. The first-order chi connectivity index (χ1) is 27.2. The van der Waals surface area contributed by atoms with Crippen molar-refractivity contribution in [3.8, 4) is 0 Å². The summed E-state index contributed by atoms with van der Waals surface area (Å²) in [5.74, 6) is -9.52. The van der Waals surface area contributed by atoms with E-state index in [0.29, 0.717) is 23.0 Å². The molecule has 27 heteroatoms. The van der Waals surface area contributed by atoms with Gasteiger partial charge in [0.05, 0.1) is 12.9 Å². The van der Waals surface area contributed by atoms with Gasteiger partial charge in [0.2, 0.25) is 28.2 Å². The van der Waals surface area contributed by atoms with Gasteiger partial charge in [-0.2, -0.15) is 15.0 Å². The molecule has 10 atom stereocenters. The largest absolute Gasteiger partial charge is 0.433 e. The lowest BCUT2D eigenvalue weighted by Gasteiger charge is -2.40. The Morgan fingerprint density at radius 3 is 2.29 bits per heavy atom. The van der Waals surface area contributed by atoms with Gasteiger partial charge in [-0.25, -0.2) is 9.98 Å². The molecule has 1 saturated carbocycles. The van der Waals surface area contributed by atoms with Gasteiger partial charge < -0.3 is 64.5 Å². The summed E-state index contributed by atoms with van der Waals surface area (Å²) in [5.41, 5.74) is 6.66. The molecule has 3 fully saturated rings. The molecule has 7 rings (SSSR count). The Hall–Kier alpha value is -3.92. The Labute approximate surface area is 342 Å². The minimum atomic E-state index is -3.29. The number of rotatable bonds is 9. The van der Waals surface area contributed by atoms with Crippen LogP contribution in [0.4, 0.5) is 5.82 Å². The number of nitrogens with one attached hydrogen (secondary N) is 1. The van der Waals surface area contributed by atoms with Gasteiger partial charge in [-0.05, 0) is 36.0 Å². The van der Waals surface area contributed by atoms with E-state index in [4.69, 9.17) is 59.5 Å². The fraction of sp³-hybridized carbons (Fsp3) is 0.645. The first-order valence-corrected chi connectivity index (χ1v) is 18.6. The number of halogens is 3. The topological polar surface area (TPSA) is 341 Å². The number of hydrogen-bond donors (Lipinski definition) is 8. The number of nitrogens with two attached hydrogens (primary N) is 1. The first-order valence-electron chi connectivity index (χ1n) is 17.5. The highest BCUT2D eigenvalue weighted by Gasteiger charge is 2.76. The number of hydrogen-bond acceptors (Lipinski definition) is 23. The van der Waals surface area contributed by atoms with Crippen LogP contribution in [0.25, 0.3) is 11.2 Å². The van der Waals surface area contributed by atoms with Crippen LogP contribution in [0.5, 0.6) is 0 Å². The van der Waals surface area contributed by atoms with Crippen molar-refractivity contribution in [2.45, 2.75) is 112 Å². The number of imidazole rings is 1. The zero-order valence-corrected chi connectivity index (χ0v) is 32.9. The van der Waals surface area contributed by atoms with Crippen LogP contribution in [0.3, 0.4) is 0 Å². The fourth-order valence-corrected chi connectivity index (χ4v) is 7.66. The zero-order valence-electron chi connectivity index (χ0n) is 30.7. The normalized spacial score (nSPS) is 33.7. The van der Waals surface area contributed by atoms with Crippen molar-refractivity contribution in [1.29, 1.82) is 0 Å². The third kappa shape index (κ3) is 8.16. The summed E-state index contributed by atoms with van der Waals surface area (Å²) in [7, 11) is 0. The van der Waals surface area contributed by atoms with Crippen LogP contribution in [-0.4, -0.2) is 163 Å². The Kier molecular flexibility index (Phi) is 12.5. The maximum Gasteiger partial charge on any atom is 0.325 e. The van der Waals surface area contributed by atoms with Gasteiger partial charge in [0.25, 0.3) is 0 Å². The molecule has 318 valence electrons. The molecule has 2 aromatic heterocycles. The van der Waals surface area contributed by atoms with Gasteiger partial charge in [0.15, 0.2) is 35.1 Å². The predicted octanol–water partition coefficient (Wildman–Crippen LogP) is -1.89. The van der Waals surface area contributed by atoms with Crippen LogP contribution in [0.15, 0.2) is 21.3 Å². The molecular formula is C31H39Cl3N10O14. The van der Waals surface area contributed by atoms with Crippen molar-refractivity contribution < 1.29 is 68.7 Å². The van der Waals surface area contributed by atoms with Crippen molar-refractivity contribution in [2.24, 2.45) is 20.7 Å². The molecule has 2 unspecified atom stereocenters. The van der Waals surface area contributed by atoms with Crippen molar-refractivity contribution in [2.75, 3.05) is 18.6 Å². The van der Waals surface area contributed by atoms with E-state index in [1.54, 1.807) is 0 Å². The summed E-state index contributed by atoms with van der Waals surface area (Å²) >= 11 is 18.1. The van der Waals surface area contributed by atoms with E-state index in [9.17, 15) is 45.0 Å². The van der Waals surface area contributed by atoms with Gasteiger partial charge >= 0.3 is 29.5 Å². The van der Waals surface area contributed by atoms with E-state index < -0.39 is 96.3 Å². The second-order valence-corrected chi connectivity index (χ2v) is 14.9. The number of nitrogens with zero attached hydrogens (tertiary/aromatic N) is 8. The maximum atomic E-state index is 11.8. The van der Waals surface area contributed by atoms with E-state index in [1.807, 2.05) is 0 Å². The van der Waals surface area contributed by atoms with Crippen LogP contribution in [0.2, 0.25) is 5.28 Å². The monoisotopic (exact) mass is 880 g/mol. The zero-order chi connectivity index (χ0) is 42.5. The summed E-state index contributed by atoms with van der Waals surface area (Å²) in [6, 6.07) is 0.327. The van der Waals surface area contributed by atoms with Crippen molar-refractivity contribution >= 4 is 86.5 Å². The molecule has 0 aromatic carbocycles. The van der Waals surface area contributed by atoms with Crippen molar-refractivity contribution in [1.82, 2.24) is 24.4 Å². The molecule has 9 N–H and O–H groups in total. The minimum absolute atomic E-state index is 0.0569. The lowest BCUT2D eigenvalue weighted by molar-refractivity contribution is -0.366. The van der Waals surface area contributed by atoms with E-state index in [1.165, 1.54) is 23.7 Å². The molecule has 5 aliphatic rings. The van der Waals surface area contributed by atoms with Crippen LogP contribution >= 0.6 is 34.8 Å². The summed E-state index contributed by atoms with van der Waals surface area (Å²) in [4.78, 5) is 60.4. The van der Waals surface area contributed by atoms with Crippen molar-refractivity contribution in [3.63, 3.8) is 0 Å². The number of fused-ring (bicyclic) bond motifs is 2. The van der Waals surface area contributed by atoms with Gasteiger partial charge in [-0.1, -0.05) is 24.4 Å². The van der Waals surface area contributed by atoms with Crippen LogP contribution in [-0.2, 0) is 38.1 Å². The SMILES string of the molecule is CC(=O)OC(O)[C@H]1O[C@@H](N2CN=C3C2=NC(Cl)=NC3(N)Cl)[C@@](O)(OC(C)=O)[C@@]1(O)OC(C)=O.OC[C@H]1O[C@@H](n2cnc3c(NC4CCCC4)nc(Cl)nc32)[C@H](O)[C@@H]1O. The number of alkyl halides is 1. The molecule has 2 saturated heterocycles. The molecular weight excluding hydrogens is 843 g/mol. The van der Waals surface area contributed by atoms with Gasteiger partial charge in [-0.15, -0.1) is 0 Å². The van der Waals surface area contributed by atoms with Crippen LogP contribution < -0.4 is 11.1 Å². The number of esters is 3. The number of carbonyl (C=O) groups excluding carboxylic acids is 3. The average Bonchev–Trinajstić information content (AvgIpc) is 3.94. The Bertz CT molecular complexity index is 2030. The molecule has 6 heterocycles. The lowest BCUT2D eigenvalue weighted by Crippen LogP contribution is -2.68. The number of aromatic nitrogens is 4. The summed E-state index contributed by atoms with van der Waals surface area (Å²) in [6.07, 6.45) is -4.70. The number of aliphatic hydroxyl groups excluding tert-OH is 4. The second-order valence-electron chi connectivity index (χ2n) is 13.6. The minimum Gasteiger partial charge on any atom is -0.433 e. The maximum absolute atomic E-state index is 11.8. The smallest absolute Gasteiger partial charge is 0.325 e. The highest BCUT2D eigenvalue weighted by atomic mass is 35.5. The van der Waals surface area contributed by atoms with Gasteiger partial charge in [0, 0.05) is 26.8 Å². The number of amidine groups is 2. The summed E-state index contributed by atoms with van der Waals surface area (Å²) in [6.45, 7) is 1.85. The molecule has 0 spiro atoms. The standard InChI is InChI=1S/C16H19Cl2N5O10.C15H20ClN5O4/c1-5(24)30-11(27)9-14(28,32-6(2)25)15(29,33-7(3)26)12(31-9)23-4-20-8-10(23)21-13(17)22-16(8,18)19;16-15-19-12(18-7-3-1-2-4-7)9-13(20-15)21(6-17-9)14-11(24)10(23)8(5-22)25-14/h9,11-12,27-29H,4,19H2,1-3H3;6-8,10-11,14,22-24H,1-5H2,(H,18,19,20)/t9-,11?,12-,14+,15-,16?;8-,10-,11-,14-/m11/s1. The molecule has 24 nitrogen and oxygen atoms in total. The van der Waals surface area contributed by atoms with E-state index in [-0.39, 0.29) is 16.8 Å². The van der Waals surface area contributed by atoms with E-state index in [2.05, 4.69) is 40.0 Å². The quantitative estimate of drug-likeness (QED) is 0.0341. The van der Waals surface area contributed by atoms with Crippen LogP contribution in [0.1, 0.15) is 52.7 Å². The summed E-state index contributed by atoms with van der Waals surface area (Å²) in [5, 5.41) is 63.4. The number of aliphatic imine (C=N–C) groups is 3. The van der Waals surface area contributed by atoms with Gasteiger partial charge in [-0.3, -0.25) is 29.7 Å². The number of aliphatic hydroxyl groups is 6. The molecule has 2 aromatic rings. The predicted molar refractivity (Wildman–Crippen MR) is 197 cm³/mol.